The SMILES string of the molecule is C.C.CC[N+](CC)(CNC)C[N+](CC)(CC)CNC. The maximum absolute atomic E-state index is 3.37. The molecule has 0 amide bonds. The van der Waals surface area contributed by atoms with Gasteiger partial charge in [0.1, 0.15) is 13.3 Å². The minimum Gasteiger partial charge on any atom is -0.273 e. The van der Waals surface area contributed by atoms with Crippen LogP contribution in [0, 0.1) is 0 Å². The Bertz CT molecular complexity index is 167. The molecular formula is C15H42N4+2. The highest BCUT2D eigenvalue weighted by Crippen LogP contribution is 2.14. The molecule has 0 rings (SSSR count). The van der Waals surface area contributed by atoms with Gasteiger partial charge in [-0.25, -0.2) is 0 Å². The Morgan fingerprint density at radius 3 is 1.05 bits per heavy atom. The van der Waals surface area contributed by atoms with Gasteiger partial charge in [0.15, 0.2) is 0 Å². The van der Waals surface area contributed by atoms with Crippen LogP contribution in [0.4, 0.5) is 0 Å². The molecule has 0 atom stereocenters. The molecule has 19 heavy (non-hydrogen) atoms. The molecule has 0 aromatic carbocycles. The van der Waals surface area contributed by atoms with E-state index in [2.05, 4.69) is 52.4 Å². The highest BCUT2D eigenvalue weighted by atomic mass is 15.6. The monoisotopic (exact) mass is 278 g/mol. The van der Waals surface area contributed by atoms with Crippen LogP contribution in [0.25, 0.3) is 0 Å². The second-order valence-corrected chi connectivity index (χ2v) is 5.11. The Morgan fingerprint density at radius 2 is 0.895 bits per heavy atom. The Kier molecular flexibility index (Phi) is 14.7. The predicted octanol–water partition coefficient (Wildman–Crippen LogP) is 2.28. The molecule has 0 unspecified atom stereocenters. The van der Waals surface area contributed by atoms with Gasteiger partial charge in [-0.05, 0) is 41.8 Å². The second kappa shape index (κ2) is 11.6. The molecule has 0 fully saturated rings. The van der Waals surface area contributed by atoms with Gasteiger partial charge in [0.2, 0.25) is 6.67 Å². The summed E-state index contributed by atoms with van der Waals surface area (Å²) in [7, 11) is 4.12. The van der Waals surface area contributed by atoms with E-state index in [0.717, 1.165) is 22.3 Å². The molecule has 0 saturated heterocycles. The van der Waals surface area contributed by atoms with E-state index in [1.54, 1.807) is 0 Å². The molecule has 4 nitrogen and oxygen atoms in total. The van der Waals surface area contributed by atoms with Gasteiger partial charge in [-0.1, -0.05) is 14.9 Å². The van der Waals surface area contributed by atoms with E-state index in [4.69, 9.17) is 0 Å². The van der Waals surface area contributed by atoms with Crippen LogP contribution in [0.2, 0.25) is 0 Å². The Balaban J connectivity index is -0.00000128. The van der Waals surface area contributed by atoms with Crippen molar-refractivity contribution in [2.45, 2.75) is 42.5 Å². The summed E-state index contributed by atoms with van der Waals surface area (Å²) in [6.07, 6.45) is 0. The van der Waals surface area contributed by atoms with Gasteiger partial charge in [0, 0.05) is 0 Å². The number of nitrogens with one attached hydrogen (secondary N) is 2. The van der Waals surface area contributed by atoms with Crippen molar-refractivity contribution in [1.82, 2.24) is 10.6 Å². The topological polar surface area (TPSA) is 24.1 Å². The Hall–Kier alpha value is -0.160. The summed E-state index contributed by atoms with van der Waals surface area (Å²) in [5.74, 6) is 0. The number of nitrogens with zero attached hydrogens (tertiary/aromatic N) is 2. The van der Waals surface area contributed by atoms with Crippen molar-refractivity contribution in [3.05, 3.63) is 0 Å². The molecule has 4 heteroatoms. The van der Waals surface area contributed by atoms with Crippen molar-refractivity contribution in [3.8, 4) is 0 Å². The zero-order chi connectivity index (χ0) is 13.4. The lowest BCUT2D eigenvalue weighted by atomic mass is 10.3. The molecule has 0 aliphatic heterocycles. The van der Waals surface area contributed by atoms with Crippen LogP contribution >= 0.6 is 0 Å². The zero-order valence-corrected chi connectivity index (χ0v) is 12.8. The van der Waals surface area contributed by atoms with Crippen LogP contribution in [0.1, 0.15) is 42.5 Å². The molecule has 2 N–H and O–H groups in total. The van der Waals surface area contributed by atoms with Gasteiger partial charge in [-0.3, -0.25) is 19.6 Å². The molecule has 0 radical (unpaired) electrons. The maximum atomic E-state index is 3.37. The van der Waals surface area contributed by atoms with E-state index in [1.165, 1.54) is 32.8 Å². The number of quaternary nitrogens is 2. The number of rotatable bonds is 10. The standard InChI is InChI=1S/C13H34N4.2CH4/c1-7-16(8-2,11-14-5)13-17(9-3,10-4)12-15-6;;/h14-15H,7-13H2,1-6H3;2*1H4/q+2;;. The van der Waals surface area contributed by atoms with Crippen LogP contribution < -0.4 is 10.6 Å². The third kappa shape index (κ3) is 6.70. The minimum atomic E-state index is 0. The predicted molar refractivity (Wildman–Crippen MR) is 88.9 cm³/mol. The van der Waals surface area contributed by atoms with E-state index < -0.39 is 0 Å². The lowest BCUT2D eigenvalue weighted by Crippen LogP contribution is -2.66. The van der Waals surface area contributed by atoms with Crippen molar-refractivity contribution in [2.24, 2.45) is 0 Å². The summed E-state index contributed by atoms with van der Waals surface area (Å²) >= 11 is 0. The fourth-order valence-electron chi connectivity index (χ4n) is 2.70. The summed E-state index contributed by atoms with van der Waals surface area (Å²) in [4.78, 5) is 0. The lowest BCUT2D eigenvalue weighted by molar-refractivity contribution is -1.10. The van der Waals surface area contributed by atoms with Gasteiger partial charge in [0.05, 0.1) is 26.2 Å². The first-order valence-electron chi connectivity index (χ1n) is 7.07. The van der Waals surface area contributed by atoms with Crippen molar-refractivity contribution in [1.29, 1.82) is 0 Å². The third-order valence-electron chi connectivity index (χ3n) is 4.27. The third-order valence-corrected chi connectivity index (χ3v) is 4.27. The smallest absolute Gasteiger partial charge is 0.209 e. The second-order valence-electron chi connectivity index (χ2n) is 5.11. The number of hydrogen-bond acceptors (Lipinski definition) is 2. The molecule has 0 aliphatic rings. The van der Waals surface area contributed by atoms with Crippen LogP contribution in [0.15, 0.2) is 0 Å². The van der Waals surface area contributed by atoms with Gasteiger partial charge < -0.3 is 0 Å². The van der Waals surface area contributed by atoms with Crippen molar-refractivity contribution < 1.29 is 8.97 Å². The molecule has 0 bridgehead atoms. The van der Waals surface area contributed by atoms with Crippen molar-refractivity contribution >= 4 is 0 Å². The van der Waals surface area contributed by atoms with E-state index in [9.17, 15) is 0 Å². The van der Waals surface area contributed by atoms with E-state index in [0.29, 0.717) is 0 Å². The summed E-state index contributed by atoms with van der Waals surface area (Å²) in [5.41, 5.74) is 0. The largest absolute Gasteiger partial charge is 0.273 e. The van der Waals surface area contributed by atoms with Crippen LogP contribution in [-0.4, -0.2) is 69.2 Å². The molecular weight excluding hydrogens is 236 g/mol. The average molecular weight is 279 g/mol. The van der Waals surface area contributed by atoms with Gasteiger partial charge in [-0.15, -0.1) is 0 Å². The first-order valence-corrected chi connectivity index (χ1v) is 7.07. The van der Waals surface area contributed by atoms with E-state index in [-0.39, 0.29) is 14.9 Å². The van der Waals surface area contributed by atoms with Crippen LogP contribution in [-0.2, 0) is 0 Å². The van der Waals surface area contributed by atoms with E-state index in [1.807, 2.05) is 0 Å². The molecule has 0 aliphatic carbocycles. The fraction of sp³-hybridized carbons (Fsp3) is 1.00. The summed E-state index contributed by atoms with van der Waals surface area (Å²) in [6.45, 7) is 17.3. The van der Waals surface area contributed by atoms with Gasteiger partial charge in [0.25, 0.3) is 0 Å². The Labute approximate surface area is 123 Å². The Morgan fingerprint density at radius 1 is 0.632 bits per heavy atom. The van der Waals surface area contributed by atoms with Gasteiger partial charge in [-0.2, -0.15) is 0 Å². The maximum Gasteiger partial charge on any atom is 0.209 e. The molecule has 0 aromatic rings. The van der Waals surface area contributed by atoms with Gasteiger partial charge >= 0.3 is 0 Å². The molecule has 0 spiro atoms. The normalized spacial score (nSPS) is 11.7. The first kappa shape index (κ1) is 23.9. The summed E-state index contributed by atoms with van der Waals surface area (Å²) in [6, 6.07) is 0. The zero-order valence-electron chi connectivity index (χ0n) is 12.8. The average Bonchev–Trinajstić information content (AvgIpc) is 2.37. The van der Waals surface area contributed by atoms with Crippen molar-refractivity contribution in [2.75, 3.05) is 60.3 Å². The van der Waals surface area contributed by atoms with Crippen molar-refractivity contribution in [3.63, 3.8) is 0 Å². The molecule has 120 valence electrons. The lowest BCUT2D eigenvalue weighted by Gasteiger charge is -2.45. The summed E-state index contributed by atoms with van der Waals surface area (Å²) in [5, 5.41) is 6.73. The molecule has 0 heterocycles. The highest BCUT2D eigenvalue weighted by Gasteiger charge is 2.35. The van der Waals surface area contributed by atoms with E-state index >= 15 is 0 Å². The molecule has 0 saturated carbocycles. The minimum absolute atomic E-state index is 0. The fourth-order valence-corrected chi connectivity index (χ4v) is 2.70. The van der Waals surface area contributed by atoms with Crippen LogP contribution in [0.5, 0.6) is 0 Å². The molecule has 0 aromatic heterocycles. The quantitative estimate of drug-likeness (QED) is 0.473. The number of hydrogen-bond donors (Lipinski definition) is 2. The first-order chi connectivity index (χ1) is 8.07. The summed E-state index contributed by atoms with van der Waals surface area (Å²) < 4.78 is 2.31. The van der Waals surface area contributed by atoms with Crippen LogP contribution in [0.3, 0.4) is 0 Å². The highest BCUT2D eigenvalue weighted by molar-refractivity contribution is 4.38.